The second-order valence-electron chi connectivity index (χ2n) is 6.33. The summed E-state index contributed by atoms with van der Waals surface area (Å²) in [7, 11) is 0. The molecular weight excluding hydrogens is 246 g/mol. The van der Waals surface area contributed by atoms with Crippen LogP contribution in [0.3, 0.4) is 0 Å². The van der Waals surface area contributed by atoms with Crippen LogP contribution >= 0.6 is 0 Å². The predicted molar refractivity (Wildman–Crippen MR) is 81.1 cm³/mol. The first-order valence-electron chi connectivity index (χ1n) is 7.72. The van der Waals surface area contributed by atoms with Crippen molar-refractivity contribution in [3.8, 4) is 6.07 Å². The molecule has 0 spiro atoms. The van der Waals surface area contributed by atoms with Crippen LogP contribution in [0.4, 0.5) is 0 Å². The van der Waals surface area contributed by atoms with Crippen LogP contribution in [0.5, 0.6) is 0 Å². The number of benzene rings is 1. The number of rotatable bonds is 4. The van der Waals surface area contributed by atoms with Crippen LogP contribution in [0.25, 0.3) is 0 Å². The van der Waals surface area contributed by atoms with Gasteiger partial charge >= 0.3 is 0 Å². The van der Waals surface area contributed by atoms with Gasteiger partial charge in [0.1, 0.15) is 5.60 Å². The Bertz CT molecular complexity index is 497. The van der Waals surface area contributed by atoms with Gasteiger partial charge in [-0.05, 0) is 49.7 Å². The second-order valence-corrected chi connectivity index (χ2v) is 6.33. The predicted octanol–water partition coefficient (Wildman–Crippen LogP) is 4.18. The minimum Gasteiger partial charge on any atom is -0.384 e. The van der Waals surface area contributed by atoms with Crippen molar-refractivity contribution in [2.45, 2.75) is 58.5 Å². The molecule has 1 aromatic rings. The molecule has 2 nitrogen and oxygen atoms in total. The average Bonchev–Trinajstić information content (AvgIpc) is 2.92. The van der Waals surface area contributed by atoms with E-state index in [-0.39, 0.29) is 0 Å². The Balaban J connectivity index is 2.34. The van der Waals surface area contributed by atoms with Gasteiger partial charge in [0.15, 0.2) is 0 Å². The van der Waals surface area contributed by atoms with Crippen LogP contribution in [0.15, 0.2) is 24.3 Å². The van der Waals surface area contributed by atoms with Crippen molar-refractivity contribution in [1.82, 2.24) is 0 Å². The van der Waals surface area contributed by atoms with Crippen LogP contribution in [-0.2, 0) is 12.0 Å². The molecule has 1 aliphatic carbocycles. The van der Waals surface area contributed by atoms with E-state index in [0.29, 0.717) is 5.92 Å². The van der Waals surface area contributed by atoms with Crippen molar-refractivity contribution in [3.63, 3.8) is 0 Å². The Morgan fingerprint density at radius 2 is 2.00 bits per heavy atom. The summed E-state index contributed by atoms with van der Waals surface area (Å²) in [6.45, 7) is 6.10. The number of nitrogens with zero attached hydrogens (tertiary/aromatic N) is 1. The molecule has 108 valence electrons. The summed E-state index contributed by atoms with van der Waals surface area (Å²) in [5, 5.41) is 20.8. The Hall–Kier alpha value is -1.33. The number of hydrogen-bond donors (Lipinski definition) is 1. The van der Waals surface area contributed by atoms with Gasteiger partial charge in [0.2, 0.25) is 0 Å². The van der Waals surface area contributed by atoms with Crippen molar-refractivity contribution < 1.29 is 5.11 Å². The van der Waals surface area contributed by atoms with Crippen LogP contribution in [0.2, 0.25) is 0 Å². The van der Waals surface area contributed by atoms with Crippen molar-refractivity contribution in [1.29, 1.82) is 5.26 Å². The molecular formula is C18H25NO. The third-order valence-electron chi connectivity index (χ3n) is 5.26. The summed E-state index contributed by atoms with van der Waals surface area (Å²) in [4.78, 5) is 0. The molecule has 3 atom stereocenters. The quantitative estimate of drug-likeness (QED) is 0.893. The average molecular weight is 271 g/mol. The fourth-order valence-electron chi connectivity index (χ4n) is 3.49. The van der Waals surface area contributed by atoms with Crippen molar-refractivity contribution >= 4 is 0 Å². The van der Waals surface area contributed by atoms with E-state index < -0.39 is 11.0 Å². The lowest BCUT2D eigenvalue weighted by atomic mass is 9.68. The topological polar surface area (TPSA) is 44.0 Å². The van der Waals surface area contributed by atoms with Gasteiger partial charge in [-0.25, -0.2) is 0 Å². The summed E-state index contributed by atoms with van der Waals surface area (Å²) < 4.78 is 0. The molecule has 0 amide bonds. The second kappa shape index (κ2) is 5.58. The smallest absolute Gasteiger partial charge is 0.105 e. The van der Waals surface area contributed by atoms with Gasteiger partial charge in [0, 0.05) is 0 Å². The molecule has 1 saturated carbocycles. The molecule has 0 aliphatic heterocycles. The van der Waals surface area contributed by atoms with E-state index in [0.717, 1.165) is 37.7 Å². The van der Waals surface area contributed by atoms with Crippen molar-refractivity contribution in [2.24, 2.45) is 11.3 Å². The Kier molecular flexibility index (Phi) is 4.20. The highest BCUT2D eigenvalue weighted by atomic mass is 16.3. The molecule has 2 rings (SSSR count). The molecule has 0 heterocycles. The molecule has 0 saturated heterocycles. The van der Waals surface area contributed by atoms with Gasteiger partial charge in [-0.2, -0.15) is 5.26 Å². The lowest BCUT2D eigenvalue weighted by molar-refractivity contribution is -0.0442. The Labute approximate surface area is 122 Å². The molecule has 0 bridgehead atoms. The number of nitriles is 1. The first-order valence-corrected chi connectivity index (χ1v) is 7.72. The van der Waals surface area contributed by atoms with Gasteiger partial charge in [-0.3, -0.25) is 0 Å². The monoisotopic (exact) mass is 271 g/mol. The zero-order valence-corrected chi connectivity index (χ0v) is 12.8. The van der Waals surface area contributed by atoms with E-state index in [2.05, 4.69) is 32.0 Å². The summed E-state index contributed by atoms with van der Waals surface area (Å²) in [6, 6.07) is 10.5. The van der Waals surface area contributed by atoms with Gasteiger partial charge in [-0.1, -0.05) is 44.5 Å². The van der Waals surface area contributed by atoms with E-state index in [1.54, 1.807) is 0 Å². The first kappa shape index (κ1) is 15.1. The summed E-state index contributed by atoms with van der Waals surface area (Å²) in [5.74, 6) is 0.566. The van der Waals surface area contributed by atoms with Gasteiger partial charge in [-0.15, -0.1) is 0 Å². The maximum absolute atomic E-state index is 11.1. The lowest BCUT2D eigenvalue weighted by Crippen LogP contribution is -2.41. The summed E-state index contributed by atoms with van der Waals surface area (Å²) >= 11 is 0. The largest absolute Gasteiger partial charge is 0.384 e. The molecule has 1 fully saturated rings. The zero-order valence-electron chi connectivity index (χ0n) is 12.8. The molecule has 0 aromatic heterocycles. The van der Waals surface area contributed by atoms with E-state index >= 15 is 0 Å². The van der Waals surface area contributed by atoms with Crippen LogP contribution in [0.1, 0.15) is 57.6 Å². The Morgan fingerprint density at radius 3 is 2.45 bits per heavy atom. The lowest BCUT2D eigenvalue weighted by Gasteiger charge is -2.38. The normalized spacial score (nSPS) is 28.9. The van der Waals surface area contributed by atoms with Crippen molar-refractivity contribution in [3.05, 3.63) is 35.4 Å². The highest BCUT2D eigenvalue weighted by Gasteiger charge is 2.52. The fraction of sp³-hybridized carbons (Fsp3) is 0.611. The zero-order chi connectivity index (χ0) is 14.8. The van der Waals surface area contributed by atoms with Crippen LogP contribution in [-0.4, -0.2) is 5.11 Å². The summed E-state index contributed by atoms with van der Waals surface area (Å²) in [6.07, 6.45) is 4.73. The maximum Gasteiger partial charge on any atom is 0.105 e. The first-order chi connectivity index (χ1) is 9.49. The number of hydrogen-bond acceptors (Lipinski definition) is 2. The van der Waals surface area contributed by atoms with Gasteiger partial charge in [0.25, 0.3) is 0 Å². The van der Waals surface area contributed by atoms with E-state index in [1.165, 1.54) is 5.56 Å². The number of aliphatic hydroxyl groups is 1. The Morgan fingerprint density at radius 1 is 1.35 bits per heavy atom. The van der Waals surface area contributed by atoms with Crippen LogP contribution < -0.4 is 0 Å². The minimum absolute atomic E-state index is 0.566. The minimum atomic E-state index is -1.07. The van der Waals surface area contributed by atoms with E-state index in [9.17, 15) is 10.4 Å². The molecule has 0 radical (unpaired) electrons. The van der Waals surface area contributed by atoms with Gasteiger partial charge < -0.3 is 5.11 Å². The van der Waals surface area contributed by atoms with Crippen LogP contribution in [0, 0.1) is 22.7 Å². The third-order valence-corrected chi connectivity index (χ3v) is 5.26. The van der Waals surface area contributed by atoms with Gasteiger partial charge in [0.05, 0.1) is 11.5 Å². The maximum atomic E-state index is 11.1. The highest BCUT2D eigenvalue weighted by Crippen LogP contribution is 2.53. The third kappa shape index (κ3) is 2.36. The number of aryl methyl sites for hydroxylation is 1. The molecule has 1 N–H and O–H groups in total. The van der Waals surface area contributed by atoms with E-state index in [1.807, 2.05) is 19.1 Å². The summed E-state index contributed by atoms with van der Waals surface area (Å²) in [5.41, 5.74) is 0.417. The molecule has 3 unspecified atom stereocenters. The SMILES string of the molecule is CCc1ccc(C(C)(O)C2(C#N)CCC(CC)C2)cc1. The molecule has 1 aromatic carbocycles. The van der Waals surface area contributed by atoms with Crippen molar-refractivity contribution in [2.75, 3.05) is 0 Å². The molecule has 1 aliphatic rings. The highest BCUT2D eigenvalue weighted by molar-refractivity contribution is 5.32. The standard InChI is InChI=1S/C18H25NO/c1-4-14-6-8-16(9-7-14)17(3,20)18(13-19)11-10-15(5-2)12-18/h6-9,15,20H,4-5,10-12H2,1-3H3. The van der Waals surface area contributed by atoms with E-state index in [4.69, 9.17) is 0 Å². The molecule has 20 heavy (non-hydrogen) atoms. The molecule has 2 heteroatoms. The fourth-order valence-corrected chi connectivity index (χ4v) is 3.49.